The molecule has 0 aliphatic carbocycles. The highest BCUT2D eigenvalue weighted by Gasteiger charge is 2.13. The summed E-state index contributed by atoms with van der Waals surface area (Å²) in [7, 11) is 0. The molecule has 19 heavy (non-hydrogen) atoms. The highest BCUT2D eigenvalue weighted by Crippen LogP contribution is 2.24. The molecule has 1 aliphatic rings. The van der Waals surface area contributed by atoms with Crippen LogP contribution in [0.4, 0.5) is 5.82 Å². The van der Waals surface area contributed by atoms with Gasteiger partial charge in [0.1, 0.15) is 5.82 Å². The number of benzene rings is 1. The normalized spacial score (nSPS) is 16.6. The summed E-state index contributed by atoms with van der Waals surface area (Å²) in [5.74, 6) is 1.10. The van der Waals surface area contributed by atoms with Gasteiger partial charge in [-0.05, 0) is 30.5 Å². The summed E-state index contributed by atoms with van der Waals surface area (Å²) in [6, 6.07) is 10.5. The van der Waals surface area contributed by atoms with E-state index in [1.54, 1.807) is 0 Å². The zero-order chi connectivity index (χ0) is 13.1. The summed E-state index contributed by atoms with van der Waals surface area (Å²) < 4.78 is 0. The first-order valence-corrected chi connectivity index (χ1v) is 7.22. The fourth-order valence-electron chi connectivity index (χ4n) is 2.86. The average Bonchev–Trinajstić information content (AvgIpc) is 2.75. The van der Waals surface area contributed by atoms with Crippen LogP contribution in [0.25, 0.3) is 10.9 Å². The van der Waals surface area contributed by atoms with E-state index in [-0.39, 0.29) is 0 Å². The smallest absolute Gasteiger partial charge is 0.129 e. The van der Waals surface area contributed by atoms with E-state index >= 15 is 0 Å². The van der Waals surface area contributed by atoms with Gasteiger partial charge in [-0.2, -0.15) is 0 Å². The lowest BCUT2D eigenvalue weighted by Crippen LogP contribution is -2.25. The Hall–Kier alpha value is -1.61. The Morgan fingerprint density at radius 1 is 1.05 bits per heavy atom. The van der Waals surface area contributed by atoms with Crippen LogP contribution in [0.15, 0.2) is 30.3 Å². The van der Waals surface area contributed by atoms with Crippen LogP contribution in [0, 0.1) is 0 Å². The van der Waals surface area contributed by atoms with Crippen molar-refractivity contribution in [3.05, 3.63) is 35.9 Å². The molecule has 1 aromatic heterocycles. The predicted octanol–water partition coefficient (Wildman–Crippen LogP) is 3.07. The minimum Gasteiger partial charge on any atom is -0.357 e. The summed E-state index contributed by atoms with van der Waals surface area (Å²) in [5.41, 5.74) is 8.16. The first kappa shape index (κ1) is 12.4. The van der Waals surface area contributed by atoms with Crippen molar-refractivity contribution in [3.63, 3.8) is 0 Å². The summed E-state index contributed by atoms with van der Waals surface area (Å²) in [6.45, 7) is 2.81. The second kappa shape index (κ2) is 5.57. The van der Waals surface area contributed by atoms with E-state index in [0.29, 0.717) is 6.54 Å². The number of rotatable bonds is 2. The standard InChI is InChI=1S/C16H21N3/c17-12-13-11-16(19-9-5-1-2-6-10-19)18-15-8-4-3-7-14(13)15/h3-4,7-8,11H,1-2,5-6,9-10,12,17H2. The number of pyridine rings is 1. The average molecular weight is 255 g/mol. The Balaban J connectivity index is 2.03. The number of fused-ring (bicyclic) bond motifs is 1. The van der Waals surface area contributed by atoms with Crippen LogP contribution < -0.4 is 10.6 Å². The van der Waals surface area contributed by atoms with Crippen molar-refractivity contribution in [1.29, 1.82) is 0 Å². The van der Waals surface area contributed by atoms with Crippen molar-refractivity contribution < 1.29 is 0 Å². The third kappa shape index (κ3) is 2.56. The topological polar surface area (TPSA) is 42.1 Å². The van der Waals surface area contributed by atoms with Gasteiger partial charge in [0.2, 0.25) is 0 Å². The first-order chi connectivity index (χ1) is 9.38. The van der Waals surface area contributed by atoms with Gasteiger partial charge in [-0.3, -0.25) is 0 Å². The molecule has 0 unspecified atom stereocenters. The van der Waals surface area contributed by atoms with E-state index in [1.807, 2.05) is 6.07 Å². The Bertz CT molecular complexity index is 557. The highest BCUT2D eigenvalue weighted by molar-refractivity contribution is 5.84. The molecule has 2 aromatic rings. The van der Waals surface area contributed by atoms with Gasteiger partial charge >= 0.3 is 0 Å². The van der Waals surface area contributed by atoms with Gasteiger partial charge < -0.3 is 10.6 Å². The number of aromatic nitrogens is 1. The molecule has 100 valence electrons. The van der Waals surface area contributed by atoms with Gasteiger partial charge in [-0.1, -0.05) is 31.0 Å². The number of hydrogen-bond donors (Lipinski definition) is 1. The monoisotopic (exact) mass is 255 g/mol. The van der Waals surface area contributed by atoms with Crippen molar-refractivity contribution in [2.24, 2.45) is 5.73 Å². The predicted molar refractivity (Wildman–Crippen MR) is 80.3 cm³/mol. The van der Waals surface area contributed by atoms with Crippen molar-refractivity contribution in [2.75, 3.05) is 18.0 Å². The van der Waals surface area contributed by atoms with Gasteiger partial charge in [0.05, 0.1) is 5.52 Å². The molecule has 3 rings (SSSR count). The van der Waals surface area contributed by atoms with E-state index in [4.69, 9.17) is 10.7 Å². The van der Waals surface area contributed by atoms with Crippen LogP contribution >= 0.6 is 0 Å². The largest absolute Gasteiger partial charge is 0.357 e. The van der Waals surface area contributed by atoms with Crippen LogP contribution in [-0.4, -0.2) is 18.1 Å². The van der Waals surface area contributed by atoms with E-state index in [0.717, 1.165) is 24.4 Å². The van der Waals surface area contributed by atoms with Crippen LogP contribution in [0.1, 0.15) is 31.2 Å². The summed E-state index contributed by atoms with van der Waals surface area (Å²) in [5, 5.41) is 1.18. The third-order valence-electron chi connectivity index (χ3n) is 3.94. The SMILES string of the molecule is NCc1cc(N2CCCCCC2)nc2ccccc12. The highest BCUT2D eigenvalue weighted by atomic mass is 15.2. The zero-order valence-electron chi connectivity index (χ0n) is 11.3. The lowest BCUT2D eigenvalue weighted by atomic mass is 10.1. The fourth-order valence-corrected chi connectivity index (χ4v) is 2.86. The van der Waals surface area contributed by atoms with Crippen molar-refractivity contribution in [2.45, 2.75) is 32.2 Å². The van der Waals surface area contributed by atoms with E-state index < -0.39 is 0 Å². The van der Waals surface area contributed by atoms with Crippen molar-refractivity contribution >= 4 is 16.7 Å². The van der Waals surface area contributed by atoms with Gasteiger partial charge in [-0.15, -0.1) is 0 Å². The van der Waals surface area contributed by atoms with Crippen molar-refractivity contribution in [3.8, 4) is 0 Å². The molecule has 0 saturated carbocycles. The molecule has 1 aliphatic heterocycles. The summed E-state index contributed by atoms with van der Waals surface area (Å²) in [6.07, 6.45) is 5.22. The second-order valence-electron chi connectivity index (χ2n) is 5.26. The van der Waals surface area contributed by atoms with Gasteiger partial charge in [-0.25, -0.2) is 4.98 Å². The molecule has 3 nitrogen and oxygen atoms in total. The number of nitrogens with zero attached hydrogens (tertiary/aromatic N) is 2. The molecule has 3 heteroatoms. The van der Waals surface area contributed by atoms with E-state index in [9.17, 15) is 0 Å². The maximum Gasteiger partial charge on any atom is 0.129 e. The molecular weight excluding hydrogens is 234 g/mol. The van der Waals surface area contributed by atoms with Crippen LogP contribution in [-0.2, 0) is 6.54 Å². The molecule has 2 heterocycles. The van der Waals surface area contributed by atoms with Crippen LogP contribution in [0.3, 0.4) is 0 Å². The molecule has 2 N–H and O–H groups in total. The number of para-hydroxylation sites is 1. The summed E-state index contributed by atoms with van der Waals surface area (Å²) in [4.78, 5) is 7.23. The molecule has 1 aromatic carbocycles. The van der Waals surface area contributed by atoms with E-state index in [1.165, 1.54) is 36.6 Å². The number of hydrogen-bond acceptors (Lipinski definition) is 3. The van der Waals surface area contributed by atoms with Gasteiger partial charge in [0, 0.05) is 25.0 Å². The molecule has 0 atom stereocenters. The zero-order valence-corrected chi connectivity index (χ0v) is 11.3. The Labute approximate surface area is 114 Å². The lowest BCUT2D eigenvalue weighted by Gasteiger charge is -2.22. The lowest BCUT2D eigenvalue weighted by molar-refractivity contribution is 0.726. The van der Waals surface area contributed by atoms with Crippen LogP contribution in [0.2, 0.25) is 0 Å². The molecule has 0 radical (unpaired) electrons. The molecule has 1 fully saturated rings. The Kier molecular flexibility index (Phi) is 3.65. The first-order valence-electron chi connectivity index (χ1n) is 7.22. The minimum absolute atomic E-state index is 0.573. The third-order valence-corrected chi connectivity index (χ3v) is 3.94. The van der Waals surface area contributed by atoms with Gasteiger partial charge in [0.25, 0.3) is 0 Å². The van der Waals surface area contributed by atoms with Crippen molar-refractivity contribution in [1.82, 2.24) is 4.98 Å². The van der Waals surface area contributed by atoms with E-state index in [2.05, 4.69) is 29.2 Å². The Morgan fingerprint density at radius 3 is 2.53 bits per heavy atom. The Morgan fingerprint density at radius 2 is 1.79 bits per heavy atom. The van der Waals surface area contributed by atoms with Gasteiger partial charge in [0.15, 0.2) is 0 Å². The second-order valence-corrected chi connectivity index (χ2v) is 5.26. The molecule has 0 spiro atoms. The number of anilines is 1. The fraction of sp³-hybridized carbons (Fsp3) is 0.438. The van der Waals surface area contributed by atoms with Crippen LogP contribution in [0.5, 0.6) is 0 Å². The maximum atomic E-state index is 5.90. The summed E-state index contributed by atoms with van der Waals surface area (Å²) >= 11 is 0. The maximum absolute atomic E-state index is 5.90. The molecule has 0 bridgehead atoms. The molecule has 1 saturated heterocycles. The quantitative estimate of drug-likeness (QED) is 0.896. The molecular formula is C16H21N3. The molecule has 0 amide bonds. The number of nitrogens with two attached hydrogens (primary N) is 1. The minimum atomic E-state index is 0.573.